The lowest BCUT2D eigenvalue weighted by Gasteiger charge is -2.23. The van der Waals surface area contributed by atoms with Gasteiger partial charge < -0.3 is 15.8 Å². The average Bonchev–Trinajstić information content (AvgIpc) is 3.13. The van der Waals surface area contributed by atoms with Crippen molar-refractivity contribution in [1.29, 1.82) is 0 Å². The Kier molecular flexibility index (Phi) is 8.23. The molecule has 0 unspecified atom stereocenters. The van der Waals surface area contributed by atoms with Crippen LogP contribution in [0.5, 0.6) is 0 Å². The van der Waals surface area contributed by atoms with Crippen LogP contribution >= 0.6 is 0 Å². The second-order valence-corrected chi connectivity index (χ2v) is 6.25. The van der Waals surface area contributed by atoms with E-state index < -0.39 is 0 Å². The molecule has 1 aromatic heterocycles. The smallest absolute Gasteiger partial charge is 0.227 e. The predicted octanol–water partition coefficient (Wildman–Crippen LogP) is 2.42. The number of benzene rings is 1. The van der Waals surface area contributed by atoms with Gasteiger partial charge in [-0.15, -0.1) is 9.94 Å². The van der Waals surface area contributed by atoms with Crippen molar-refractivity contribution in [2.75, 3.05) is 11.4 Å². The van der Waals surface area contributed by atoms with Crippen molar-refractivity contribution in [3.8, 4) is 0 Å². The maximum Gasteiger partial charge on any atom is 0.227 e. The monoisotopic (exact) mass is 399 g/mol. The van der Waals surface area contributed by atoms with Gasteiger partial charge in [0.15, 0.2) is 0 Å². The molecule has 3 rings (SSSR count). The van der Waals surface area contributed by atoms with E-state index in [1.807, 2.05) is 13.8 Å². The van der Waals surface area contributed by atoms with Crippen molar-refractivity contribution < 1.29 is 10.0 Å². The van der Waals surface area contributed by atoms with Crippen LogP contribution in [-0.4, -0.2) is 33.4 Å². The molecule has 9 nitrogen and oxygen atoms in total. The van der Waals surface area contributed by atoms with Crippen LogP contribution in [0.2, 0.25) is 0 Å². The molecule has 0 atom stereocenters. The van der Waals surface area contributed by atoms with E-state index in [9.17, 15) is 10.0 Å². The third-order valence-corrected chi connectivity index (χ3v) is 4.37. The summed E-state index contributed by atoms with van der Waals surface area (Å²) in [6.45, 7) is 4.09. The number of nitrogens with zero attached hydrogens (tertiary/aromatic N) is 4. The summed E-state index contributed by atoms with van der Waals surface area (Å²) in [6, 6.07) is 5.20. The highest BCUT2D eigenvalue weighted by Gasteiger charge is 2.18. The lowest BCUT2D eigenvalue weighted by molar-refractivity contribution is -0.118. The molecule has 1 aliphatic carbocycles. The summed E-state index contributed by atoms with van der Waals surface area (Å²) in [4.78, 5) is 15.3. The molecule has 6 N–H and O–H groups in total. The van der Waals surface area contributed by atoms with E-state index in [4.69, 9.17) is 11.6 Å². The number of amides is 1. The molecule has 0 bridgehead atoms. The minimum atomic E-state index is -0.0826. The van der Waals surface area contributed by atoms with Gasteiger partial charge in [-0.2, -0.15) is 5.10 Å². The first-order valence-corrected chi connectivity index (χ1v) is 9.69. The molecular weight excluding hydrogens is 370 g/mol. The Hall–Kier alpha value is -3.33. The molecule has 1 heterocycles. The standard InChI is InChI=1S/C18H23N7O2.C2H6/c19-17(22-23-20)12-24(18(26)9-6-13-4-2-1-3-5-13)15-7-8-16-14(10-15)11-21-25(16)27;1-2/h2,4-5,7-8,10-11,23,27H,1,3,6,9,12,20H2,(H2,19,22);1-2H3. The number of nitrogens with two attached hydrogens (primary N) is 2. The van der Waals surface area contributed by atoms with Crippen LogP contribution < -0.4 is 22.0 Å². The minimum absolute atomic E-state index is 0.0826. The van der Waals surface area contributed by atoms with Crippen molar-refractivity contribution >= 4 is 28.3 Å². The Labute approximate surface area is 170 Å². The van der Waals surface area contributed by atoms with E-state index in [-0.39, 0.29) is 18.3 Å². The number of aromatic nitrogens is 2. The molecule has 1 aliphatic rings. The van der Waals surface area contributed by atoms with Gasteiger partial charge in [0.1, 0.15) is 11.4 Å². The third kappa shape index (κ3) is 5.82. The molecule has 156 valence electrons. The fraction of sp³-hybridized carbons (Fsp3) is 0.350. The molecule has 0 fully saturated rings. The first-order valence-electron chi connectivity index (χ1n) is 9.69. The number of carbonyl (C=O) groups excluding carboxylic acids is 1. The highest BCUT2D eigenvalue weighted by molar-refractivity contribution is 6.01. The van der Waals surface area contributed by atoms with Crippen LogP contribution in [-0.2, 0) is 4.79 Å². The summed E-state index contributed by atoms with van der Waals surface area (Å²) in [5, 5.41) is 17.9. The van der Waals surface area contributed by atoms with Crippen molar-refractivity contribution in [2.24, 2.45) is 16.7 Å². The summed E-state index contributed by atoms with van der Waals surface area (Å²) in [6.07, 6.45) is 10.9. The number of fused-ring (bicyclic) bond motifs is 1. The number of carbonyl (C=O) groups is 1. The number of anilines is 1. The zero-order valence-corrected chi connectivity index (χ0v) is 16.9. The van der Waals surface area contributed by atoms with Crippen LogP contribution in [0.15, 0.2) is 53.3 Å². The topological polar surface area (TPSA) is 135 Å². The van der Waals surface area contributed by atoms with Crippen LogP contribution in [0.1, 0.15) is 39.5 Å². The Morgan fingerprint density at radius 3 is 2.86 bits per heavy atom. The minimum Gasteiger partial charge on any atom is -0.411 e. The zero-order chi connectivity index (χ0) is 21.2. The molecule has 9 heteroatoms. The highest BCUT2D eigenvalue weighted by atomic mass is 16.5. The molecule has 0 aliphatic heterocycles. The van der Waals surface area contributed by atoms with Gasteiger partial charge in [0.05, 0.1) is 12.7 Å². The van der Waals surface area contributed by atoms with Gasteiger partial charge in [-0.05, 0) is 37.5 Å². The maximum absolute atomic E-state index is 12.9. The molecule has 0 saturated carbocycles. The molecule has 0 radical (unpaired) electrons. The number of amidine groups is 1. The van der Waals surface area contributed by atoms with E-state index in [0.29, 0.717) is 29.4 Å². The third-order valence-electron chi connectivity index (χ3n) is 4.37. The molecule has 1 amide bonds. The average molecular weight is 399 g/mol. The number of nitrogens with one attached hydrogen (secondary N) is 1. The van der Waals surface area contributed by atoms with Gasteiger partial charge in [-0.3, -0.25) is 4.79 Å². The quantitative estimate of drug-likeness (QED) is 0.186. The lowest BCUT2D eigenvalue weighted by atomic mass is 10.0. The first kappa shape index (κ1) is 22.0. The Morgan fingerprint density at radius 1 is 1.38 bits per heavy atom. The van der Waals surface area contributed by atoms with Crippen LogP contribution in [0.3, 0.4) is 0 Å². The molecule has 1 aromatic carbocycles. The van der Waals surface area contributed by atoms with E-state index in [0.717, 1.165) is 23.3 Å². The van der Waals surface area contributed by atoms with E-state index >= 15 is 0 Å². The fourth-order valence-corrected chi connectivity index (χ4v) is 3.02. The van der Waals surface area contributed by atoms with Gasteiger partial charge in [-0.1, -0.05) is 37.6 Å². The number of hydrogen-bond acceptors (Lipinski definition) is 6. The highest BCUT2D eigenvalue weighted by Crippen LogP contribution is 2.23. The molecule has 0 saturated heterocycles. The predicted molar refractivity (Wildman–Crippen MR) is 115 cm³/mol. The van der Waals surface area contributed by atoms with Gasteiger partial charge in [0.2, 0.25) is 5.91 Å². The van der Waals surface area contributed by atoms with Gasteiger partial charge in [-0.25, -0.2) is 11.4 Å². The van der Waals surface area contributed by atoms with E-state index in [2.05, 4.69) is 34.0 Å². The number of hydrogen-bond donors (Lipinski definition) is 4. The fourth-order valence-electron chi connectivity index (χ4n) is 3.02. The maximum atomic E-state index is 12.9. The summed E-state index contributed by atoms with van der Waals surface area (Å²) >= 11 is 0. The SMILES string of the molecule is CC.NN/N=C(\N)CN(C(=O)CCC1=CCCC=C1)c1ccc2c(cnn2O)c1. The molecule has 29 heavy (non-hydrogen) atoms. The zero-order valence-electron chi connectivity index (χ0n) is 16.9. The lowest BCUT2D eigenvalue weighted by Crippen LogP contribution is -2.40. The van der Waals surface area contributed by atoms with Gasteiger partial charge >= 0.3 is 0 Å². The van der Waals surface area contributed by atoms with Crippen molar-refractivity contribution in [3.05, 3.63) is 48.2 Å². The number of rotatable bonds is 7. The summed E-state index contributed by atoms with van der Waals surface area (Å²) < 4.78 is 0. The second kappa shape index (κ2) is 10.9. The Bertz CT molecular complexity index is 915. The molecule has 0 spiro atoms. The number of hydrazone groups is 1. The largest absolute Gasteiger partial charge is 0.411 e. The second-order valence-electron chi connectivity index (χ2n) is 6.25. The Balaban J connectivity index is 0.00000145. The van der Waals surface area contributed by atoms with Crippen molar-refractivity contribution in [1.82, 2.24) is 15.5 Å². The Morgan fingerprint density at radius 2 is 2.17 bits per heavy atom. The summed E-state index contributed by atoms with van der Waals surface area (Å²) in [5.41, 5.74) is 10.3. The molecule has 2 aromatic rings. The van der Waals surface area contributed by atoms with E-state index in [1.165, 1.54) is 6.20 Å². The van der Waals surface area contributed by atoms with Crippen molar-refractivity contribution in [3.63, 3.8) is 0 Å². The summed E-state index contributed by atoms with van der Waals surface area (Å²) in [7, 11) is 0. The number of allylic oxidation sites excluding steroid dienone is 4. The van der Waals surface area contributed by atoms with Crippen LogP contribution in [0, 0.1) is 0 Å². The summed E-state index contributed by atoms with van der Waals surface area (Å²) in [5.74, 6) is 5.28. The van der Waals surface area contributed by atoms with Gasteiger partial charge in [0, 0.05) is 17.5 Å². The first-order chi connectivity index (χ1) is 14.1. The molecular formula is C20H29N7O2. The normalized spacial score (nSPS) is 13.5. The van der Waals surface area contributed by atoms with Crippen molar-refractivity contribution in [2.45, 2.75) is 39.5 Å². The van der Waals surface area contributed by atoms with Crippen LogP contribution in [0.25, 0.3) is 10.9 Å². The van der Waals surface area contributed by atoms with E-state index in [1.54, 1.807) is 23.1 Å². The van der Waals surface area contributed by atoms with Gasteiger partial charge in [0.25, 0.3) is 0 Å². The number of hydrazine groups is 1. The van der Waals surface area contributed by atoms with Crippen LogP contribution in [0.4, 0.5) is 5.69 Å².